The summed E-state index contributed by atoms with van der Waals surface area (Å²) in [6, 6.07) is 13.4. The summed E-state index contributed by atoms with van der Waals surface area (Å²) in [4.78, 5) is 4.35. The number of benzene rings is 2. The van der Waals surface area contributed by atoms with Crippen molar-refractivity contribution in [2.24, 2.45) is 4.99 Å². The summed E-state index contributed by atoms with van der Waals surface area (Å²) in [5.41, 5.74) is 1.74. The molecule has 1 nitrogen and oxygen atoms in total. The summed E-state index contributed by atoms with van der Waals surface area (Å²) in [7, 11) is 0. The molecule has 0 saturated carbocycles. The Labute approximate surface area is 124 Å². The second-order valence-electron chi connectivity index (χ2n) is 3.35. The molecule has 0 unspecified atom stereocenters. The third kappa shape index (κ3) is 3.21. The van der Waals surface area contributed by atoms with E-state index in [0.717, 1.165) is 9.13 Å². The molecule has 0 radical (unpaired) electrons. The SMILES string of the molecule is Clc1cccc(N=Cc2ccccc2I)c1Cl. The normalized spacial score (nSPS) is 11.0. The molecule has 4 heteroatoms. The highest BCUT2D eigenvalue weighted by atomic mass is 127. The van der Waals surface area contributed by atoms with Gasteiger partial charge < -0.3 is 0 Å². The van der Waals surface area contributed by atoms with Crippen LogP contribution >= 0.6 is 45.8 Å². The molecule has 0 aliphatic rings. The molecule has 2 rings (SSSR count). The fraction of sp³-hybridized carbons (Fsp3) is 0. The molecule has 2 aromatic rings. The van der Waals surface area contributed by atoms with E-state index in [2.05, 4.69) is 27.6 Å². The van der Waals surface area contributed by atoms with E-state index in [1.54, 1.807) is 12.3 Å². The summed E-state index contributed by atoms with van der Waals surface area (Å²) in [5, 5.41) is 1.00. The molecule has 0 fully saturated rings. The molecule has 0 aliphatic heterocycles. The molecule has 0 bridgehead atoms. The number of hydrogen-bond donors (Lipinski definition) is 0. The Balaban J connectivity index is 2.33. The smallest absolute Gasteiger partial charge is 0.0848 e. The molecule has 0 saturated heterocycles. The van der Waals surface area contributed by atoms with Gasteiger partial charge in [0.25, 0.3) is 0 Å². The van der Waals surface area contributed by atoms with Crippen LogP contribution in [0.5, 0.6) is 0 Å². The largest absolute Gasteiger partial charge is 0.255 e. The minimum absolute atomic E-state index is 0.483. The van der Waals surface area contributed by atoms with E-state index >= 15 is 0 Å². The van der Waals surface area contributed by atoms with Crippen LogP contribution in [0.1, 0.15) is 5.56 Å². The van der Waals surface area contributed by atoms with Crippen LogP contribution in [-0.2, 0) is 0 Å². The maximum atomic E-state index is 6.05. The second kappa shape index (κ2) is 5.85. The van der Waals surface area contributed by atoms with E-state index in [4.69, 9.17) is 23.2 Å². The average Bonchev–Trinajstić information content (AvgIpc) is 2.33. The molecule has 0 atom stereocenters. The van der Waals surface area contributed by atoms with Gasteiger partial charge >= 0.3 is 0 Å². The van der Waals surface area contributed by atoms with Crippen LogP contribution in [0.25, 0.3) is 0 Å². The van der Waals surface area contributed by atoms with Gasteiger partial charge in [0.2, 0.25) is 0 Å². The Hall–Kier alpha value is -0.580. The predicted octanol–water partition coefficient (Wildman–Crippen LogP) is 5.35. The van der Waals surface area contributed by atoms with Crippen molar-refractivity contribution in [3.8, 4) is 0 Å². The summed E-state index contributed by atoms with van der Waals surface area (Å²) < 4.78 is 1.15. The third-order valence-electron chi connectivity index (χ3n) is 2.18. The molecule has 2 aromatic carbocycles. The van der Waals surface area contributed by atoms with Crippen molar-refractivity contribution in [3.63, 3.8) is 0 Å². The Morgan fingerprint density at radius 1 is 1.00 bits per heavy atom. The molecule has 0 spiro atoms. The van der Waals surface area contributed by atoms with Crippen molar-refractivity contribution < 1.29 is 0 Å². The van der Waals surface area contributed by atoms with E-state index in [9.17, 15) is 0 Å². The van der Waals surface area contributed by atoms with E-state index in [1.807, 2.05) is 36.4 Å². The average molecular weight is 376 g/mol. The van der Waals surface area contributed by atoms with Crippen LogP contribution < -0.4 is 0 Å². The number of nitrogens with zero attached hydrogens (tertiary/aromatic N) is 1. The maximum absolute atomic E-state index is 6.05. The minimum Gasteiger partial charge on any atom is -0.255 e. The van der Waals surface area contributed by atoms with Gasteiger partial charge in [-0.25, -0.2) is 0 Å². The van der Waals surface area contributed by atoms with Crippen molar-refractivity contribution in [1.29, 1.82) is 0 Å². The van der Waals surface area contributed by atoms with Gasteiger partial charge in [0.1, 0.15) is 0 Å². The fourth-order valence-electron chi connectivity index (χ4n) is 1.31. The van der Waals surface area contributed by atoms with Gasteiger partial charge in [-0.3, -0.25) is 4.99 Å². The van der Waals surface area contributed by atoms with Gasteiger partial charge in [-0.15, -0.1) is 0 Å². The summed E-state index contributed by atoms with van der Waals surface area (Å²) in [6.45, 7) is 0. The van der Waals surface area contributed by atoms with E-state index in [1.165, 1.54) is 0 Å². The first-order chi connectivity index (χ1) is 8.18. The zero-order valence-electron chi connectivity index (χ0n) is 8.70. The molecule has 17 heavy (non-hydrogen) atoms. The van der Waals surface area contributed by atoms with Gasteiger partial charge in [0.15, 0.2) is 0 Å². The van der Waals surface area contributed by atoms with Gasteiger partial charge in [0.05, 0.1) is 15.7 Å². The van der Waals surface area contributed by atoms with E-state index in [-0.39, 0.29) is 0 Å². The van der Waals surface area contributed by atoms with Crippen molar-refractivity contribution >= 4 is 57.7 Å². The van der Waals surface area contributed by atoms with Crippen LogP contribution in [-0.4, -0.2) is 6.21 Å². The highest BCUT2D eigenvalue weighted by Crippen LogP contribution is 2.31. The Morgan fingerprint density at radius 3 is 2.53 bits per heavy atom. The lowest BCUT2D eigenvalue weighted by Gasteiger charge is -2.00. The van der Waals surface area contributed by atoms with Crippen molar-refractivity contribution in [1.82, 2.24) is 0 Å². The molecule has 0 aromatic heterocycles. The van der Waals surface area contributed by atoms with Crippen LogP contribution in [0.3, 0.4) is 0 Å². The Kier molecular flexibility index (Phi) is 4.42. The molecule has 0 amide bonds. The third-order valence-corrected chi connectivity index (χ3v) is 3.97. The molecular weight excluding hydrogens is 368 g/mol. The summed E-state index contributed by atoms with van der Waals surface area (Å²) >= 11 is 14.2. The standard InChI is InChI=1S/C13H8Cl2IN/c14-10-5-3-7-12(13(10)15)17-8-9-4-1-2-6-11(9)16/h1-8H. The topological polar surface area (TPSA) is 12.4 Å². The van der Waals surface area contributed by atoms with Gasteiger partial charge in [0, 0.05) is 15.3 Å². The van der Waals surface area contributed by atoms with Crippen LogP contribution in [0.4, 0.5) is 5.69 Å². The van der Waals surface area contributed by atoms with E-state index < -0.39 is 0 Å². The molecular formula is C13H8Cl2IN. The second-order valence-corrected chi connectivity index (χ2v) is 5.30. The summed E-state index contributed by atoms with van der Waals surface area (Å²) in [6.07, 6.45) is 1.79. The van der Waals surface area contributed by atoms with Crippen molar-refractivity contribution in [2.45, 2.75) is 0 Å². The molecule has 0 N–H and O–H groups in total. The summed E-state index contributed by atoms with van der Waals surface area (Å²) in [5.74, 6) is 0. The Morgan fingerprint density at radius 2 is 1.76 bits per heavy atom. The first-order valence-electron chi connectivity index (χ1n) is 4.91. The minimum atomic E-state index is 0.483. The molecule has 86 valence electrons. The van der Waals surface area contributed by atoms with Crippen molar-refractivity contribution in [3.05, 3.63) is 61.6 Å². The first-order valence-corrected chi connectivity index (χ1v) is 6.74. The zero-order valence-corrected chi connectivity index (χ0v) is 12.4. The highest BCUT2D eigenvalue weighted by Gasteiger charge is 2.02. The number of halogens is 3. The zero-order chi connectivity index (χ0) is 12.3. The van der Waals surface area contributed by atoms with Gasteiger partial charge in [-0.05, 0) is 40.8 Å². The van der Waals surface area contributed by atoms with Gasteiger partial charge in [-0.1, -0.05) is 47.5 Å². The number of aliphatic imine (C=N–C) groups is 1. The maximum Gasteiger partial charge on any atom is 0.0848 e. The lowest BCUT2D eigenvalue weighted by atomic mass is 10.2. The lowest BCUT2D eigenvalue weighted by Crippen LogP contribution is -1.84. The number of hydrogen-bond acceptors (Lipinski definition) is 1. The fourth-order valence-corrected chi connectivity index (χ4v) is 2.18. The van der Waals surface area contributed by atoms with Crippen molar-refractivity contribution in [2.75, 3.05) is 0 Å². The van der Waals surface area contributed by atoms with Crippen LogP contribution in [0, 0.1) is 3.57 Å². The van der Waals surface area contributed by atoms with Gasteiger partial charge in [-0.2, -0.15) is 0 Å². The predicted molar refractivity (Wildman–Crippen MR) is 82.9 cm³/mol. The van der Waals surface area contributed by atoms with Crippen LogP contribution in [0.15, 0.2) is 47.5 Å². The molecule has 0 aliphatic carbocycles. The Bertz CT molecular complexity index is 567. The quantitative estimate of drug-likeness (QED) is 0.495. The highest BCUT2D eigenvalue weighted by molar-refractivity contribution is 14.1. The molecule has 0 heterocycles. The lowest BCUT2D eigenvalue weighted by molar-refractivity contribution is 1.51. The number of rotatable bonds is 2. The monoisotopic (exact) mass is 375 g/mol. The first kappa shape index (κ1) is 12.9. The van der Waals surface area contributed by atoms with Crippen LogP contribution in [0.2, 0.25) is 10.0 Å². The van der Waals surface area contributed by atoms with E-state index in [0.29, 0.717) is 15.7 Å².